The van der Waals surface area contributed by atoms with Gasteiger partial charge in [0.2, 0.25) is 0 Å². The summed E-state index contributed by atoms with van der Waals surface area (Å²) >= 11 is 0. The summed E-state index contributed by atoms with van der Waals surface area (Å²) in [4.78, 5) is 2.27. The van der Waals surface area contributed by atoms with Gasteiger partial charge >= 0.3 is 0 Å². The molecule has 0 saturated carbocycles. The largest absolute Gasteiger partial charge is 0.309 e. The molecule has 0 radical (unpaired) electrons. The van der Waals surface area contributed by atoms with Crippen LogP contribution in [-0.2, 0) is 0 Å². The summed E-state index contributed by atoms with van der Waals surface area (Å²) in [5, 5.41) is 0. The molecule has 108 valence electrons. The second kappa shape index (κ2) is 14.6. The summed E-state index contributed by atoms with van der Waals surface area (Å²) in [6.45, 7) is 12.2. The second-order valence-electron chi connectivity index (χ2n) is 5.53. The van der Waals surface area contributed by atoms with Gasteiger partial charge in [0.15, 0.2) is 0 Å². The summed E-state index contributed by atoms with van der Waals surface area (Å²) in [7, 11) is 4.29. The molecule has 0 bridgehead atoms. The van der Waals surface area contributed by atoms with Gasteiger partial charge in [-0.05, 0) is 52.2 Å². The maximum absolute atomic E-state index is 3.00. The Bertz CT molecular complexity index is 207. The number of hydrogen-bond acceptors (Lipinski definition) is 1. The fourth-order valence-electron chi connectivity index (χ4n) is 1.82. The van der Waals surface area contributed by atoms with Crippen molar-refractivity contribution in [1.29, 1.82) is 0 Å². The van der Waals surface area contributed by atoms with Gasteiger partial charge in [-0.3, -0.25) is 0 Å². The first-order valence-corrected chi connectivity index (χ1v) is 7.53. The van der Waals surface area contributed by atoms with Crippen molar-refractivity contribution in [2.45, 2.75) is 66.7 Å². The van der Waals surface area contributed by atoms with E-state index in [0.29, 0.717) is 0 Å². The lowest BCUT2D eigenvalue weighted by Gasteiger charge is -2.20. The van der Waals surface area contributed by atoms with Crippen LogP contribution in [0.1, 0.15) is 66.7 Å². The van der Waals surface area contributed by atoms with Gasteiger partial charge in [0.25, 0.3) is 0 Å². The highest BCUT2D eigenvalue weighted by atomic mass is 15.0. The average molecular weight is 253 g/mol. The molecule has 0 aliphatic carbocycles. The maximum atomic E-state index is 3.00. The lowest BCUT2D eigenvalue weighted by molar-refractivity contribution is 0.292. The van der Waals surface area contributed by atoms with Crippen molar-refractivity contribution >= 4 is 0 Å². The van der Waals surface area contributed by atoms with Crippen LogP contribution in [0.25, 0.3) is 0 Å². The van der Waals surface area contributed by atoms with Crippen molar-refractivity contribution in [3.8, 4) is 11.8 Å². The molecule has 0 heterocycles. The van der Waals surface area contributed by atoms with Crippen LogP contribution in [0.4, 0.5) is 0 Å². The molecule has 0 saturated heterocycles. The van der Waals surface area contributed by atoms with Crippen LogP contribution in [-0.4, -0.2) is 25.5 Å². The maximum Gasteiger partial charge on any atom is 0.00884 e. The Morgan fingerprint density at radius 1 is 1.11 bits per heavy atom. The molecule has 1 atom stereocenters. The summed E-state index contributed by atoms with van der Waals surface area (Å²) in [6.07, 6.45) is 6.26. The van der Waals surface area contributed by atoms with E-state index in [0.717, 1.165) is 18.3 Å². The van der Waals surface area contributed by atoms with E-state index < -0.39 is 0 Å². The average Bonchev–Trinajstić information content (AvgIpc) is 2.30. The van der Waals surface area contributed by atoms with E-state index in [9.17, 15) is 0 Å². The third kappa shape index (κ3) is 15.5. The number of unbranched alkanes of at least 4 members (excludes halogenated alkanes) is 2. The topological polar surface area (TPSA) is 3.24 Å². The van der Waals surface area contributed by atoms with Gasteiger partial charge in [-0.1, -0.05) is 40.5 Å². The fourth-order valence-corrected chi connectivity index (χ4v) is 1.82. The molecule has 0 aliphatic rings. The molecule has 0 rings (SSSR count). The van der Waals surface area contributed by atoms with E-state index in [1.54, 1.807) is 0 Å². The third-order valence-corrected chi connectivity index (χ3v) is 3.25. The first kappa shape index (κ1) is 19.9. The molecule has 0 aromatic rings. The normalized spacial score (nSPS) is 11.6. The van der Waals surface area contributed by atoms with Gasteiger partial charge in [0.1, 0.15) is 0 Å². The number of hydrogen-bond donors (Lipinski definition) is 0. The highest BCUT2D eigenvalue weighted by Crippen LogP contribution is 2.18. The molecule has 1 nitrogen and oxygen atoms in total. The minimum atomic E-state index is 0.847. The van der Waals surface area contributed by atoms with Gasteiger partial charge < -0.3 is 4.90 Å². The molecule has 0 fully saturated rings. The Morgan fingerprint density at radius 3 is 2.06 bits per heavy atom. The highest BCUT2D eigenvalue weighted by Gasteiger charge is 2.10. The van der Waals surface area contributed by atoms with Crippen LogP contribution in [0.15, 0.2) is 0 Å². The molecular weight excluding hydrogens is 218 g/mol. The molecule has 0 aromatic heterocycles. The quantitative estimate of drug-likeness (QED) is 0.464. The van der Waals surface area contributed by atoms with Crippen LogP contribution in [0.5, 0.6) is 0 Å². The van der Waals surface area contributed by atoms with E-state index in [2.05, 4.69) is 58.5 Å². The molecule has 0 spiro atoms. The van der Waals surface area contributed by atoms with E-state index in [1.807, 2.05) is 6.92 Å². The van der Waals surface area contributed by atoms with Crippen molar-refractivity contribution in [3.63, 3.8) is 0 Å². The highest BCUT2D eigenvalue weighted by molar-refractivity contribution is 4.94. The smallest absolute Gasteiger partial charge is 0.00884 e. The van der Waals surface area contributed by atoms with Crippen LogP contribution >= 0.6 is 0 Å². The zero-order valence-electron chi connectivity index (χ0n) is 13.8. The van der Waals surface area contributed by atoms with Gasteiger partial charge in [-0.25, -0.2) is 0 Å². The summed E-state index contributed by atoms with van der Waals surface area (Å²) in [5.74, 6) is 7.61. The first-order chi connectivity index (χ1) is 8.49. The van der Waals surface area contributed by atoms with Crippen molar-refractivity contribution in [2.24, 2.45) is 11.8 Å². The van der Waals surface area contributed by atoms with E-state index >= 15 is 0 Å². The molecule has 1 unspecified atom stereocenters. The number of rotatable bonds is 7. The Kier molecular flexibility index (Phi) is 16.1. The lowest BCUT2D eigenvalue weighted by atomic mass is 9.90. The van der Waals surface area contributed by atoms with E-state index in [4.69, 9.17) is 0 Å². The molecule has 0 aliphatic heterocycles. The summed E-state index contributed by atoms with van der Waals surface area (Å²) in [6, 6.07) is 0. The Morgan fingerprint density at radius 2 is 1.72 bits per heavy atom. The predicted octanol–water partition coefficient (Wildman–Crippen LogP) is 4.82. The van der Waals surface area contributed by atoms with Crippen molar-refractivity contribution < 1.29 is 0 Å². The lowest BCUT2D eigenvalue weighted by Crippen LogP contribution is -2.18. The van der Waals surface area contributed by atoms with Crippen LogP contribution in [0.2, 0.25) is 0 Å². The fraction of sp³-hybridized carbons (Fsp3) is 0.882. The SMILES string of the molecule is CC#CCCCC.CCC(CCN(C)C)C(C)C. The molecule has 0 aromatic carbocycles. The standard InChI is InChI=1S/C10H23N.C7H12/c1-6-10(9(2)3)7-8-11(4)5;1-3-5-7-6-4-2/h9-10H,6-8H2,1-5H3;3,5,7H2,1-2H3. The van der Waals surface area contributed by atoms with E-state index in [-0.39, 0.29) is 0 Å². The number of nitrogens with zero attached hydrogens (tertiary/aromatic N) is 1. The zero-order chi connectivity index (χ0) is 14.4. The predicted molar refractivity (Wildman–Crippen MR) is 84.8 cm³/mol. The van der Waals surface area contributed by atoms with E-state index in [1.165, 1.54) is 32.2 Å². The summed E-state index contributed by atoms with van der Waals surface area (Å²) < 4.78 is 0. The minimum Gasteiger partial charge on any atom is -0.309 e. The molecule has 18 heavy (non-hydrogen) atoms. The zero-order valence-corrected chi connectivity index (χ0v) is 13.8. The molecule has 0 amide bonds. The Balaban J connectivity index is 0. The molecular formula is C17H35N. The van der Waals surface area contributed by atoms with Crippen molar-refractivity contribution in [1.82, 2.24) is 4.90 Å². The van der Waals surface area contributed by atoms with Crippen molar-refractivity contribution in [2.75, 3.05) is 20.6 Å². The monoisotopic (exact) mass is 253 g/mol. The van der Waals surface area contributed by atoms with Crippen LogP contribution in [0.3, 0.4) is 0 Å². The van der Waals surface area contributed by atoms with Gasteiger partial charge in [0.05, 0.1) is 0 Å². The second-order valence-corrected chi connectivity index (χ2v) is 5.53. The first-order valence-electron chi connectivity index (χ1n) is 7.53. The summed E-state index contributed by atoms with van der Waals surface area (Å²) in [5.41, 5.74) is 0. The molecule has 0 N–H and O–H groups in total. The van der Waals surface area contributed by atoms with Gasteiger partial charge in [-0.2, -0.15) is 0 Å². The van der Waals surface area contributed by atoms with Gasteiger partial charge in [0, 0.05) is 6.42 Å². The Labute approximate surface area is 116 Å². The van der Waals surface area contributed by atoms with Gasteiger partial charge in [-0.15, -0.1) is 11.8 Å². The van der Waals surface area contributed by atoms with Crippen LogP contribution in [0, 0.1) is 23.7 Å². The Hall–Kier alpha value is -0.480. The molecule has 1 heteroatoms. The van der Waals surface area contributed by atoms with Crippen LogP contribution < -0.4 is 0 Å². The third-order valence-electron chi connectivity index (χ3n) is 3.25. The minimum absolute atomic E-state index is 0.847. The van der Waals surface area contributed by atoms with Crippen molar-refractivity contribution in [3.05, 3.63) is 0 Å².